The molecule has 1 N–H and O–H groups in total. The Morgan fingerprint density at radius 3 is 1.65 bits per heavy atom. The smallest absolute Gasteiger partial charge is 0.265 e. The third-order valence-corrected chi connectivity index (χ3v) is 5.98. The molecule has 4 heteroatoms. The lowest BCUT2D eigenvalue weighted by molar-refractivity contribution is 0.00419. The summed E-state index contributed by atoms with van der Waals surface area (Å²) in [7, 11) is -3.41. The van der Waals surface area contributed by atoms with Gasteiger partial charge in [0.15, 0.2) is 11.7 Å². The van der Waals surface area contributed by atoms with Gasteiger partial charge >= 0.3 is 0 Å². The fourth-order valence-corrected chi connectivity index (χ4v) is 4.66. The molecule has 3 rings (SSSR count). The van der Waals surface area contributed by atoms with Gasteiger partial charge in [0.1, 0.15) is 0 Å². The summed E-state index contributed by atoms with van der Waals surface area (Å²) in [5, 5.41) is 0. The molecule has 1 heterocycles. The van der Waals surface area contributed by atoms with Crippen LogP contribution in [0.2, 0.25) is 0 Å². The molecule has 1 unspecified atom stereocenters. The van der Waals surface area contributed by atoms with E-state index >= 15 is 0 Å². The lowest BCUT2D eigenvalue weighted by Gasteiger charge is -2.42. The van der Waals surface area contributed by atoms with E-state index in [4.69, 9.17) is 4.74 Å². The zero-order valence-corrected chi connectivity index (χ0v) is 12.4. The number of aryl methyl sites for hydroxylation is 2. The first-order valence-corrected chi connectivity index (χ1v) is 8.40. The molecule has 0 spiro atoms. The van der Waals surface area contributed by atoms with E-state index in [1.165, 1.54) is 0 Å². The molecule has 104 valence electrons. The van der Waals surface area contributed by atoms with Crippen molar-refractivity contribution in [3.63, 3.8) is 0 Å². The highest BCUT2D eigenvalue weighted by Gasteiger charge is 2.54. The van der Waals surface area contributed by atoms with E-state index in [-0.39, 0.29) is 0 Å². The van der Waals surface area contributed by atoms with Crippen molar-refractivity contribution in [2.24, 2.45) is 0 Å². The summed E-state index contributed by atoms with van der Waals surface area (Å²) in [5.74, 6) is -1.40. The number of hydrogen-bond donors (Lipinski definition) is 1. The van der Waals surface area contributed by atoms with Crippen LogP contribution < -0.4 is 0 Å². The zero-order valence-electron chi connectivity index (χ0n) is 11.5. The normalized spacial score (nSPS) is 28.9. The quantitative estimate of drug-likeness (QED) is 0.838. The molecule has 0 aliphatic carbocycles. The summed E-state index contributed by atoms with van der Waals surface area (Å²) >= 11 is 0. The summed E-state index contributed by atoms with van der Waals surface area (Å²) in [4.78, 5) is 10.4. The van der Waals surface area contributed by atoms with Crippen LogP contribution >= 0.6 is 7.37 Å². The van der Waals surface area contributed by atoms with E-state index in [1.807, 2.05) is 62.4 Å². The summed E-state index contributed by atoms with van der Waals surface area (Å²) in [5.41, 5.74) is 3.58. The van der Waals surface area contributed by atoms with Crippen molar-refractivity contribution in [1.82, 2.24) is 0 Å². The predicted octanol–water partition coefficient (Wildman–Crippen LogP) is 4.30. The van der Waals surface area contributed by atoms with E-state index in [9.17, 15) is 9.46 Å². The van der Waals surface area contributed by atoms with Gasteiger partial charge in [-0.15, -0.1) is 0 Å². The van der Waals surface area contributed by atoms with Gasteiger partial charge in [-0.2, -0.15) is 0 Å². The molecule has 1 saturated heterocycles. The molecule has 2 aromatic rings. The largest absolute Gasteiger partial charge is 0.345 e. The van der Waals surface area contributed by atoms with Crippen molar-refractivity contribution in [3.8, 4) is 0 Å². The topological polar surface area (TPSA) is 46.5 Å². The van der Waals surface area contributed by atoms with Gasteiger partial charge in [-0.3, -0.25) is 4.57 Å². The molecule has 3 atom stereocenters. The van der Waals surface area contributed by atoms with Crippen molar-refractivity contribution in [2.45, 2.75) is 25.5 Å². The van der Waals surface area contributed by atoms with Crippen LogP contribution in [0, 0.1) is 13.8 Å². The highest BCUT2D eigenvalue weighted by Crippen LogP contribution is 2.77. The van der Waals surface area contributed by atoms with Crippen LogP contribution in [0.4, 0.5) is 0 Å². The minimum absolute atomic E-state index is 0.701. The van der Waals surface area contributed by atoms with Gasteiger partial charge in [-0.1, -0.05) is 48.5 Å². The minimum Gasteiger partial charge on any atom is -0.345 e. The standard InChI is InChI=1S/C16H17O3P/c1-11-7-3-5-9-13(11)15-19-16(20(15,17)18)14-10-6-4-8-12(14)2/h3-10,15-16H,1-2H3,(H,17,18)/t15-,16+. The van der Waals surface area contributed by atoms with Crippen LogP contribution in [0.3, 0.4) is 0 Å². The number of rotatable bonds is 2. The fraction of sp³-hybridized carbons (Fsp3) is 0.250. The van der Waals surface area contributed by atoms with Crippen LogP contribution in [-0.2, 0) is 9.30 Å². The second kappa shape index (κ2) is 4.85. The highest BCUT2D eigenvalue weighted by molar-refractivity contribution is 7.59. The minimum atomic E-state index is -3.41. The summed E-state index contributed by atoms with van der Waals surface area (Å²) in [6.45, 7) is 3.86. The summed E-state index contributed by atoms with van der Waals surface area (Å²) in [6, 6.07) is 15.1. The predicted molar refractivity (Wildman–Crippen MR) is 78.8 cm³/mol. The zero-order chi connectivity index (χ0) is 14.3. The lowest BCUT2D eigenvalue weighted by atomic mass is 10.1. The van der Waals surface area contributed by atoms with Crippen molar-refractivity contribution < 1.29 is 14.2 Å². The molecule has 0 saturated carbocycles. The fourth-order valence-electron chi connectivity index (χ4n) is 2.63. The van der Waals surface area contributed by atoms with Crippen molar-refractivity contribution in [1.29, 1.82) is 0 Å². The first-order chi connectivity index (χ1) is 9.51. The summed E-state index contributed by atoms with van der Waals surface area (Å²) in [6.07, 6.45) is 0. The van der Waals surface area contributed by atoms with E-state index < -0.39 is 19.1 Å². The van der Waals surface area contributed by atoms with Crippen molar-refractivity contribution in [3.05, 3.63) is 70.8 Å². The van der Waals surface area contributed by atoms with E-state index in [0.717, 1.165) is 22.3 Å². The van der Waals surface area contributed by atoms with Gasteiger partial charge in [0, 0.05) is 0 Å². The van der Waals surface area contributed by atoms with Crippen LogP contribution in [0.15, 0.2) is 48.5 Å². The Hall–Kier alpha value is -1.41. The molecule has 1 fully saturated rings. The number of benzene rings is 2. The molecular formula is C16H17O3P. The molecule has 2 aromatic carbocycles. The SMILES string of the molecule is Cc1ccccc1[C@H]1O[C@@H](c2ccccc2C)P1(=O)O. The van der Waals surface area contributed by atoms with Gasteiger partial charge < -0.3 is 9.63 Å². The first kappa shape index (κ1) is 13.6. The second-order valence-electron chi connectivity index (χ2n) is 5.23. The molecule has 1 aliphatic heterocycles. The molecule has 0 bridgehead atoms. The van der Waals surface area contributed by atoms with E-state index in [0.29, 0.717) is 0 Å². The number of ether oxygens (including phenoxy) is 1. The van der Waals surface area contributed by atoms with Crippen molar-refractivity contribution >= 4 is 7.37 Å². The molecule has 0 aromatic heterocycles. The Balaban J connectivity index is 1.94. The maximum absolute atomic E-state index is 12.7. The van der Waals surface area contributed by atoms with Gasteiger partial charge in [0.2, 0.25) is 0 Å². The maximum Gasteiger partial charge on any atom is 0.265 e. The van der Waals surface area contributed by atoms with Crippen molar-refractivity contribution in [2.75, 3.05) is 0 Å². The molecule has 1 aliphatic rings. The third-order valence-electron chi connectivity index (χ3n) is 3.84. The Labute approximate surface area is 118 Å². The van der Waals surface area contributed by atoms with Gasteiger partial charge in [0.05, 0.1) is 0 Å². The van der Waals surface area contributed by atoms with Gasteiger partial charge in [0.25, 0.3) is 7.37 Å². The van der Waals surface area contributed by atoms with Crippen LogP contribution in [0.1, 0.15) is 33.9 Å². The Kier molecular flexibility index (Phi) is 3.29. The monoisotopic (exact) mass is 288 g/mol. The van der Waals surface area contributed by atoms with Gasteiger partial charge in [-0.25, -0.2) is 0 Å². The Bertz CT molecular complexity index is 640. The molecule has 0 amide bonds. The maximum atomic E-state index is 12.7. The average molecular weight is 288 g/mol. The Morgan fingerprint density at radius 1 is 0.900 bits per heavy atom. The molecule has 0 radical (unpaired) electrons. The third kappa shape index (κ3) is 2.03. The molecular weight excluding hydrogens is 271 g/mol. The van der Waals surface area contributed by atoms with Crippen LogP contribution in [-0.4, -0.2) is 4.89 Å². The highest BCUT2D eigenvalue weighted by atomic mass is 31.2. The van der Waals surface area contributed by atoms with E-state index in [2.05, 4.69) is 0 Å². The van der Waals surface area contributed by atoms with E-state index in [1.54, 1.807) is 0 Å². The number of hydrogen-bond acceptors (Lipinski definition) is 2. The lowest BCUT2D eigenvalue weighted by Crippen LogP contribution is -2.25. The first-order valence-electron chi connectivity index (χ1n) is 6.60. The van der Waals surface area contributed by atoms with Crippen LogP contribution in [0.25, 0.3) is 0 Å². The molecule has 3 nitrogen and oxygen atoms in total. The van der Waals surface area contributed by atoms with Gasteiger partial charge in [-0.05, 0) is 36.1 Å². The Morgan fingerprint density at radius 2 is 1.30 bits per heavy atom. The average Bonchev–Trinajstić information content (AvgIpc) is 2.42. The molecule has 20 heavy (non-hydrogen) atoms. The summed E-state index contributed by atoms with van der Waals surface area (Å²) < 4.78 is 18.4. The van der Waals surface area contributed by atoms with Crippen LogP contribution in [0.5, 0.6) is 0 Å². The second-order valence-corrected chi connectivity index (χ2v) is 7.51.